The molecule has 31 heavy (non-hydrogen) atoms. The second kappa shape index (κ2) is 6.89. The van der Waals surface area contributed by atoms with Crippen LogP contribution in [0, 0.1) is 0 Å². The first-order valence-electron chi connectivity index (χ1n) is 10.2. The molecule has 0 aliphatic heterocycles. The molecule has 146 valence electrons. The third-order valence-electron chi connectivity index (χ3n) is 5.62. The lowest BCUT2D eigenvalue weighted by Gasteiger charge is -2.16. The molecule has 0 aliphatic carbocycles. The molecule has 0 aliphatic rings. The number of hydrogen-bond donors (Lipinski definition) is 0. The Balaban J connectivity index is 1.80. The fourth-order valence-corrected chi connectivity index (χ4v) is 4.19. The molecule has 0 N–H and O–H groups in total. The molecule has 6 rings (SSSR count). The van der Waals surface area contributed by atoms with Crippen LogP contribution in [-0.2, 0) is 0 Å². The molecular formula is C27H17N3O. The first-order chi connectivity index (χ1) is 15.3. The predicted octanol–water partition coefficient (Wildman–Crippen LogP) is 5.75. The Hall–Kier alpha value is -4.31. The number of para-hydroxylation sites is 3. The highest BCUT2D eigenvalue weighted by molar-refractivity contribution is 5.96. The summed E-state index contributed by atoms with van der Waals surface area (Å²) in [6, 6.07) is 33.4. The quantitative estimate of drug-likeness (QED) is 0.348. The topological polar surface area (TPSA) is 47.8 Å². The number of aromatic nitrogens is 3. The van der Waals surface area contributed by atoms with Gasteiger partial charge in [-0.15, -0.1) is 0 Å². The van der Waals surface area contributed by atoms with E-state index in [4.69, 9.17) is 9.97 Å². The van der Waals surface area contributed by atoms with Crippen LogP contribution in [0.15, 0.2) is 108 Å². The van der Waals surface area contributed by atoms with Crippen LogP contribution >= 0.6 is 0 Å². The molecule has 0 radical (unpaired) electrons. The van der Waals surface area contributed by atoms with Crippen molar-refractivity contribution < 1.29 is 0 Å². The second-order valence-electron chi connectivity index (χ2n) is 7.45. The molecule has 0 unspecified atom stereocenters. The van der Waals surface area contributed by atoms with E-state index >= 15 is 0 Å². The van der Waals surface area contributed by atoms with E-state index in [0.29, 0.717) is 16.7 Å². The third kappa shape index (κ3) is 2.73. The van der Waals surface area contributed by atoms with E-state index < -0.39 is 0 Å². The Kier molecular flexibility index (Phi) is 3.90. The number of nitrogens with zero attached hydrogens (tertiary/aromatic N) is 3. The molecular weight excluding hydrogens is 382 g/mol. The first-order valence-corrected chi connectivity index (χ1v) is 10.2. The fourth-order valence-electron chi connectivity index (χ4n) is 4.19. The molecule has 2 heterocycles. The summed E-state index contributed by atoms with van der Waals surface area (Å²) in [6.45, 7) is 0. The summed E-state index contributed by atoms with van der Waals surface area (Å²) in [5.74, 6) is 0.546. The zero-order valence-electron chi connectivity index (χ0n) is 16.6. The monoisotopic (exact) mass is 399 g/mol. The van der Waals surface area contributed by atoms with Crippen molar-refractivity contribution >= 4 is 32.7 Å². The van der Waals surface area contributed by atoms with Crippen LogP contribution < -0.4 is 5.43 Å². The summed E-state index contributed by atoms with van der Waals surface area (Å²) in [4.78, 5) is 23.1. The van der Waals surface area contributed by atoms with Gasteiger partial charge in [-0.25, -0.2) is 9.97 Å². The van der Waals surface area contributed by atoms with Gasteiger partial charge < -0.3 is 0 Å². The predicted molar refractivity (Wildman–Crippen MR) is 126 cm³/mol. The molecule has 0 atom stereocenters. The van der Waals surface area contributed by atoms with Crippen LogP contribution in [0.4, 0.5) is 0 Å². The van der Waals surface area contributed by atoms with Gasteiger partial charge in [-0.1, -0.05) is 72.8 Å². The number of fused-ring (bicyclic) bond motifs is 3. The molecule has 0 amide bonds. The van der Waals surface area contributed by atoms with Crippen LogP contribution in [-0.4, -0.2) is 14.5 Å². The Morgan fingerprint density at radius 3 is 1.77 bits per heavy atom. The zero-order valence-corrected chi connectivity index (χ0v) is 16.6. The number of rotatable bonds is 2. The van der Waals surface area contributed by atoms with E-state index in [1.54, 1.807) is 0 Å². The standard InChI is InChI=1S/C27H17N3O/c31-26-20-13-5-8-16-23(20)30(24-17-9-6-14-21(24)26)27-28-22-15-7-4-12-19(22)25(29-27)18-10-2-1-3-11-18/h1-17H. The zero-order chi connectivity index (χ0) is 20.8. The normalized spacial score (nSPS) is 11.4. The summed E-state index contributed by atoms with van der Waals surface area (Å²) in [6.07, 6.45) is 0. The van der Waals surface area contributed by atoms with Gasteiger partial charge in [-0.05, 0) is 30.3 Å². The second-order valence-corrected chi connectivity index (χ2v) is 7.45. The molecule has 0 saturated carbocycles. The third-order valence-corrected chi connectivity index (χ3v) is 5.62. The minimum absolute atomic E-state index is 0.0199. The van der Waals surface area contributed by atoms with E-state index in [0.717, 1.165) is 33.2 Å². The van der Waals surface area contributed by atoms with E-state index in [1.165, 1.54) is 0 Å². The summed E-state index contributed by atoms with van der Waals surface area (Å²) in [5, 5.41) is 2.30. The van der Waals surface area contributed by atoms with Gasteiger partial charge >= 0.3 is 0 Å². The van der Waals surface area contributed by atoms with E-state index in [-0.39, 0.29) is 5.43 Å². The van der Waals surface area contributed by atoms with Gasteiger partial charge in [0.1, 0.15) is 0 Å². The summed E-state index contributed by atoms with van der Waals surface area (Å²) < 4.78 is 1.99. The summed E-state index contributed by atoms with van der Waals surface area (Å²) in [5.41, 5.74) is 4.36. The SMILES string of the molecule is O=c1c2ccccc2n(-c2nc(-c3ccccc3)c3ccccc3n2)c2ccccc12. The molecule has 4 aromatic carbocycles. The van der Waals surface area contributed by atoms with E-state index in [9.17, 15) is 4.79 Å². The largest absolute Gasteiger partial charge is 0.288 e. The van der Waals surface area contributed by atoms with Crippen molar-refractivity contribution in [2.24, 2.45) is 0 Å². The smallest absolute Gasteiger partial charge is 0.235 e. The molecule has 0 bridgehead atoms. The van der Waals surface area contributed by atoms with E-state index in [2.05, 4.69) is 12.1 Å². The fraction of sp³-hybridized carbons (Fsp3) is 0. The van der Waals surface area contributed by atoms with E-state index in [1.807, 2.05) is 95.6 Å². The van der Waals surface area contributed by atoms with Crippen LogP contribution in [0.25, 0.3) is 49.9 Å². The Morgan fingerprint density at radius 2 is 1.10 bits per heavy atom. The molecule has 2 aromatic heterocycles. The van der Waals surface area contributed by atoms with Gasteiger partial charge in [0.15, 0.2) is 5.43 Å². The highest BCUT2D eigenvalue weighted by Gasteiger charge is 2.16. The van der Waals surface area contributed by atoms with Crippen molar-refractivity contribution in [3.05, 3.63) is 113 Å². The van der Waals surface area contributed by atoms with Gasteiger partial charge in [0, 0.05) is 21.7 Å². The van der Waals surface area contributed by atoms with Crippen LogP contribution in [0.2, 0.25) is 0 Å². The minimum Gasteiger partial charge on any atom is -0.288 e. The molecule has 4 nitrogen and oxygen atoms in total. The van der Waals surface area contributed by atoms with Crippen molar-refractivity contribution in [1.29, 1.82) is 0 Å². The number of pyridine rings is 1. The lowest BCUT2D eigenvalue weighted by Crippen LogP contribution is -2.12. The molecule has 0 spiro atoms. The van der Waals surface area contributed by atoms with Gasteiger partial charge in [0.25, 0.3) is 0 Å². The van der Waals surface area contributed by atoms with Crippen LogP contribution in [0.3, 0.4) is 0 Å². The van der Waals surface area contributed by atoms with Crippen molar-refractivity contribution in [1.82, 2.24) is 14.5 Å². The average Bonchev–Trinajstić information content (AvgIpc) is 2.84. The van der Waals surface area contributed by atoms with Gasteiger partial charge in [0.2, 0.25) is 5.95 Å². The number of benzene rings is 4. The lowest BCUT2D eigenvalue weighted by atomic mass is 10.1. The van der Waals surface area contributed by atoms with Gasteiger partial charge in [0.05, 0.1) is 22.2 Å². The molecule has 0 fully saturated rings. The first kappa shape index (κ1) is 17.5. The maximum atomic E-state index is 13.1. The number of hydrogen-bond acceptors (Lipinski definition) is 3. The Labute approximate surface area is 178 Å². The minimum atomic E-state index is 0.0199. The maximum absolute atomic E-state index is 13.1. The molecule has 4 heteroatoms. The van der Waals surface area contributed by atoms with Gasteiger partial charge in [-0.2, -0.15) is 0 Å². The van der Waals surface area contributed by atoms with Crippen molar-refractivity contribution in [2.45, 2.75) is 0 Å². The summed E-state index contributed by atoms with van der Waals surface area (Å²) >= 11 is 0. The lowest BCUT2D eigenvalue weighted by molar-refractivity contribution is 1.01. The van der Waals surface area contributed by atoms with Crippen LogP contribution in [0.5, 0.6) is 0 Å². The van der Waals surface area contributed by atoms with Gasteiger partial charge in [-0.3, -0.25) is 9.36 Å². The van der Waals surface area contributed by atoms with Crippen molar-refractivity contribution in [3.63, 3.8) is 0 Å². The van der Waals surface area contributed by atoms with Crippen LogP contribution in [0.1, 0.15) is 0 Å². The molecule has 0 saturated heterocycles. The Bertz CT molecular complexity index is 1590. The molecule has 6 aromatic rings. The summed E-state index contributed by atoms with van der Waals surface area (Å²) in [7, 11) is 0. The average molecular weight is 399 g/mol. The van der Waals surface area contributed by atoms with Crippen molar-refractivity contribution in [2.75, 3.05) is 0 Å². The highest BCUT2D eigenvalue weighted by atomic mass is 16.1. The highest BCUT2D eigenvalue weighted by Crippen LogP contribution is 2.29. The maximum Gasteiger partial charge on any atom is 0.235 e. The Morgan fingerprint density at radius 1 is 0.548 bits per heavy atom. The van der Waals surface area contributed by atoms with Crippen molar-refractivity contribution in [3.8, 4) is 17.2 Å².